The fourth-order valence-corrected chi connectivity index (χ4v) is 0.912. The van der Waals surface area contributed by atoms with E-state index in [0.29, 0.717) is 6.08 Å². The molecule has 8 heteroatoms. The summed E-state index contributed by atoms with van der Waals surface area (Å²) in [6.45, 7) is 0. The van der Waals surface area contributed by atoms with Gasteiger partial charge < -0.3 is 20.0 Å². The topological polar surface area (TPSA) is 101 Å². The summed E-state index contributed by atoms with van der Waals surface area (Å²) >= 11 is 0. The van der Waals surface area contributed by atoms with Crippen molar-refractivity contribution in [2.75, 3.05) is 0 Å². The Morgan fingerprint density at radius 2 is 2.27 bits per heavy atom. The van der Waals surface area contributed by atoms with Crippen LogP contribution in [0.25, 0.3) is 6.08 Å². The monoisotopic (exact) mass is 219 g/mol. The van der Waals surface area contributed by atoms with E-state index in [4.69, 9.17) is 0 Å². The van der Waals surface area contributed by atoms with Crippen LogP contribution in [0.4, 0.5) is 5.82 Å². The number of hydrogen-bond donors (Lipinski definition) is 0. The number of nitro groups is 1. The Kier molecular flexibility index (Phi) is 5.20. The average molecular weight is 219 g/mol. The minimum absolute atomic E-state index is 0. The van der Waals surface area contributed by atoms with E-state index >= 15 is 0 Å². The number of nitrogens with zero attached hydrogens (tertiary/aromatic N) is 3. The molecule has 1 aromatic heterocycles. The van der Waals surface area contributed by atoms with Crippen LogP contribution < -0.4 is 34.7 Å². The van der Waals surface area contributed by atoms with E-state index in [9.17, 15) is 20.0 Å². The normalized spacial score (nSPS) is 9.93. The van der Waals surface area contributed by atoms with E-state index in [1.54, 1.807) is 0 Å². The third-order valence-electron chi connectivity index (χ3n) is 1.41. The van der Waals surface area contributed by atoms with Gasteiger partial charge in [-0.25, -0.2) is 0 Å². The fourth-order valence-electron chi connectivity index (χ4n) is 0.912. The molecular formula is C7H6N3NaO4. The van der Waals surface area contributed by atoms with Crippen LogP contribution in [0.15, 0.2) is 12.3 Å². The molecule has 0 aliphatic rings. The number of aliphatic carboxylic acids is 1. The van der Waals surface area contributed by atoms with Crippen molar-refractivity contribution in [3.05, 3.63) is 28.0 Å². The predicted octanol–water partition coefficient (Wildman–Crippen LogP) is -3.90. The van der Waals surface area contributed by atoms with E-state index in [1.165, 1.54) is 17.9 Å². The molecule has 0 atom stereocenters. The second-order valence-electron chi connectivity index (χ2n) is 2.49. The molecule has 0 spiro atoms. The van der Waals surface area contributed by atoms with E-state index in [0.717, 1.165) is 6.08 Å². The van der Waals surface area contributed by atoms with Gasteiger partial charge in [0, 0.05) is 0 Å². The molecule has 0 aromatic carbocycles. The van der Waals surface area contributed by atoms with Crippen LogP contribution in [0.3, 0.4) is 0 Å². The molecule has 0 saturated heterocycles. The van der Waals surface area contributed by atoms with E-state index in [1.807, 2.05) is 0 Å². The number of carbonyl (C=O) groups is 1. The Balaban J connectivity index is 0.00000196. The third kappa shape index (κ3) is 3.82. The molecule has 1 rings (SSSR count). The number of carboxylic acid groups (broad SMARTS) is 1. The SMILES string of the molecule is Cn1cc(/C=C/C(=O)[O-])c([N+](=O)[O-])n1.[Na+]. The number of carbonyl (C=O) groups excluding carboxylic acids is 1. The van der Waals surface area contributed by atoms with Crippen molar-refractivity contribution in [3.8, 4) is 0 Å². The summed E-state index contributed by atoms with van der Waals surface area (Å²) in [7, 11) is 1.50. The zero-order valence-electron chi connectivity index (χ0n) is 8.21. The van der Waals surface area contributed by atoms with Gasteiger partial charge in [-0.2, -0.15) is 4.68 Å². The first-order chi connectivity index (χ1) is 6.50. The first-order valence-corrected chi connectivity index (χ1v) is 3.58. The van der Waals surface area contributed by atoms with Gasteiger partial charge in [0.2, 0.25) is 0 Å². The Morgan fingerprint density at radius 1 is 1.67 bits per heavy atom. The molecule has 1 aromatic rings. The van der Waals surface area contributed by atoms with Gasteiger partial charge in [0.15, 0.2) is 0 Å². The summed E-state index contributed by atoms with van der Waals surface area (Å²) in [4.78, 5) is 19.8. The van der Waals surface area contributed by atoms with E-state index in [2.05, 4.69) is 5.10 Å². The summed E-state index contributed by atoms with van der Waals surface area (Å²) in [6, 6.07) is 0. The minimum Gasteiger partial charge on any atom is -0.545 e. The van der Waals surface area contributed by atoms with Crippen molar-refractivity contribution in [2.45, 2.75) is 0 Å². The van der Waals surface area contributed by atoms with E-state index < -0.39 is 10.9 Å². The zero-order valence-corrected chi connectivity index (χ0v) is 10.2. The number of carboxylic acids is 1. The molecule has 7 nitrogen and oxygen atoms in total. The number of aryl methyl sites for hydroxylation is 1. The van der Waals surface area contributed by atoms with Crippen molar-refractivity contribution < 1.29 is 44.4 Å². The molecule has 0 bridgehead atoms. The minimum atomic E-state index is -1.41. The van der Waals surface area contributed by atoms with Gasteiger partial charge in [0.25, 0.3) is 0 Å². The first kappa shape index (κ1) is 13.8. The van der Waals surface area contributed by atoms with Gasteiger partial charge in [-0.3, -0.25) is 0 Å². The number of rotatable bonds is 3. The average Bonchev–Trinajstić information content (AvgIpc) is 2.43. The van der Waals surface area contributed by atoms with Crippen LogP contribution in [0.5, 0.6) is 0 Å². The van der Waals surface area contributed by atoms with Gasteiger partial charge in [-0.05, 0) is 17.1 Å². The van der Waals surface area contributed by atoms with Crippen LogP contribution in [-0.4, -0.2) is 20.7 Å². The van der Waals surface area contributed by atoms with Crippen molar-refractivity contribution in [2.24, 2.45) is 7.05 Å². The summed E-state index contributed by atoms with van der Waals surface area (Å²) < 4.78 is 1.23. The summed E-state index contributed by atoms with van der Waals surface area (Å²) in [5.74, 6) is -1.80. The molecule has 0 aliphatic carbocycles. The van der Waals surface area contributed by atoms with Crippen molar-refractivity contribution in [1.82, 2.24) is 9.78 Å². The van der Waals surface area contributed by atoms with Gasteiger partial charge in [0.1, 0.15) is 0 Å². The molecule has 0 amide bonds. The first-order valence-electron chi connectivity index (χ1n) is 3.58. The molecule has 15 heavy (non-hydrogen) atoms. The molecule has 0 N–H and O–H groups in total. The van der Waals surface area contributed by atoms with Gasteiger partial charge >= 0.3 is 35.4 Å². The smallest absolute Gasteiger partial charge is 0.545 e. The summed E-state index contributed by atoms with van der Waals surface area (Å²) in [6.07, 6.45) is 3.13. The zero-order chi connectivity index (χ0) is 10.7. The molecule has 0 aliphatic heterocycles. The molecule has 74 valence electrons. The van der Waals surface area contributed by atoms with Crippen LogP contribution in [-0.2, 0) is 11.8 Å². The second-order valence-corrected chi connectivity index (χ2v) is 2.49. The van der Waals surface area contributed by atoms with Crippen LogP contribution in [0, 0.1) is 10.1 Å². The number of aromatic nitrogens is 2. The standard InChI is InChI=1S/C7H7N3O4.Na/c1-9-4-5(2-3-6(11)12)7(8-9)10(13)14;/h2-4H,1H3,(H,11,12);/q;+1/p-1/b3-2+;. The van der Waals surface area contributed by atoms with Crippen LogP contribution in [0.1, 0.15) is 5.56 Å². The van der Waals surface area contributed by atoms with Crippen molar-refractivity contribution in [3.63, 3.8) is 0 Å². The Hall–Kier alpha value is -1.18. The van der Waals surface area contributed by atoms with Gasteiger partial charge in [0.05, 0.1) is 29.9 Å². The summed E-state index contributed by atoms with van der Waals surface area (Å²) in [5.41, 5.74) is 0.127. The van der Waals surface area contributed by atoms with Gasteiger partial charge in [-0.15, -0.1) is 0 Å². The second kappa shape index (κ2) is 5.64. The van der Waals surface area contributed by atoms with E-state index in [-0.39, 0.29) is 40.9 Å². The molecule has 0 unspecified atom stereocenters. The van der Waals surface area contributed by atoms with Crippen LogP contribution in [0.2, 0.25) is 0 Å². The maximum atomic E-state index is 10.4. The quantitative estimate of drug-likeness (QED) is 0.224. The summed E-state index contributed by atoms with van der Waals surface area (Å²) in [5, 5.41) is 24.0. The Morgan fingerprint density at radius 3 is 2.73 bits per heavy atom. The third-order valence-corrected chi connectivity index (χ3v) is 1.41. The molecule has 0 radical (unpaired) electrons. The molecular weight excluding hydrogens is 213 g/mol. The Labute approximate surface area is 107 Å². The Bertz CT molecular complexity index is 412. The maximum absolute atomic E-state index is 10.4. The fraction of sp³-hybridized carbons (Fsp3) is 0.143. The van der Waals surface area contributed by atoms with Gasteiger partial charge in [-0.1, -0.05) is 0 Å². The molecule has 0 fully saturated rings. The predicted molar refractivity (Wildman–Crippen MR) is 43.9 cm³/mol. The maximum Gasteiger partial charge on any atom is 1.00 e. The van der Waals surface area contributed by atoms with Crippen molar-refractivity contribution >= 4 is 17.9 Å². The van der Waals surface area contributed by atoms with Crippen molar-refractivity contribution in [1.29, 1.82) is 0 Å². The number of hydrogen-bond acceptors (Lipinski definition) is 5. The van der Waals surface area contributed by atoms with Crippen LogP contribution >= 0.6 is 0 Å². The largest absolute Gasteiger partial charge is 1.00 e. The molecule has 0 saturated carbocycles. The molecule has 1 heterocycles.